The zero-order valence-corrected chi connectivity index (χ0v) is 26.8. The van der Waals surface area contributed by atoms with Gasteiger partial charge in [-0.3, -0.25) is 14.4 Å². The first-order chi connectivity index (χ1) is 19.3. The van der Waals surface area contributed by atoms with E-state index in [2.05, 4.69) is 54.6 Å². The number of aromatic nitrogens is 1. The Labute approximate surface area is 252 Å². The van der Waals surface area contributed by atoms with Crippen molar-refractivity contribution >= 4 is 41.3 Å². The Morgan fingerprint density at radius 3 is 2.37 bits per heavy atom. The molecule has 3 unspecified atom stereocenters. The summed E-state index contributed by atoms with van der Waals surface area (Å²) in [4.78, 5) is 43.5. The van der Waals surface area contributed by atoms with Crippen LogP contribution in [0.5, 0.6) is 0 Å². The van der Waals surface area contributed by atoms with Gasteiger partial charge in [0.2, 0.25) is 18.2 Å². The summed E-state index contributed by atoms with van der Waals surface area (Å²) in [6.07, 6.45) is 3.92. The van der Waals surface area contributed by atoms with E-state index in [1.54, 1.807) is 23.1 Å². The minimum absolute atomic E-state index is 0.0137. The number of rotatable bonds is 10. The second-order valence-electron chi connectivity index (χ2n) is 11.8. The number of hydrogen-bond donors (Lipinski definition) is 2. The maximum Gasteiger partial charge on any atom is 0.246 e. The molecule has 2 aromatic rings. The summed E-state index contributed by atoms with van der Waals surface area (Å²) in [5.41, 5.74) is 4.28. The average Bonchev–Trinajstić information content (AvgIpc) is 3.43. The smallest absolute Gasteiger partial charge is 0.246 e. The Hall–Kier alpha value is -2.90. The molecular weight excluding hydrogens is 555 g/mol. The van der Waals surface area contributed by atoms with Gasteiger partial charge in [-0.05, 0) is 76.7 Å². The van der Waals surface area contributed by atoms with Crippen LogP contribution in [0.1, 0.15) is 84.5 Å². The number of nitrogens with one attached hydrogen (secondary N) is 2. The van der Waals surface area contributed by atoms with Crippen molar-refractivity contribution in [2.75, 3.05) is 6.54 Å². The molecule has 1 aromatic heterocycles. The van der Waals surface area contributed by atoms with Crippen molar-refractivity contribution in [3.05, 3.63) is 41.0 Å². The van der Waals surface area contributed by atoms with E-state index < -0.39 is 16.2 Å². The fraction of sp³-hybridized carbons (Fsp3) is 0.581. The lowest BCUT2D eigenvalue weighted by Crippen LogP contribution is -2.59. The lowest BCUT2D eigenvalue weighted by molar-refractivity contribution is -0.138. The molecule has 1 aromatic carbocycles. The van der Waals surface area contributed by atoms with Crippen LogP contribution in [0.25, 0.3) is 10.4 Å². The second kappa shape index (κ2) is 13.8. The molecule has 41 heavy (non-hydrogen) atoms. The fourth-order valence-corrected chi connectivity index (χ4v) is 7.44. The molecule has 1 saturated carbocycles. The van der Waals surface area contributed by atoms with Gasteiger partial charge in [0.25, 0.3) is 0 Å². The van der Waals surface area contributed by atoms with E-state index in [1.807, 2.05) is 50.2 Å². The molecule has 1 aliphatic carbocycles. The van der Waals surface area contributed by atoms with Gasteiger partial charge in [-0.2, -0.15) is 17.0 Å². The highest BCUT2D eigenvalue weighted by molar-refractivity contribution is 8.01. The lowest BCUT2D eigenvalue weighted by atomic mass is 9.99. The van der Waals surface area contributed by atoms with E-state index in [4.69, 9.17) is 0 Å². The first-order valence-corrected chi connectivity index (χ1v) is 16.0. The number of carbonyl (C=O) groups is 3. The van der Waals surface area contributed by atoms with E-state index >= 15 is 0 Å². The summed E-state index contributed by atoms with van der Waals surface area (Å²) < 4.78 is -0.436. The third kappa shape index (κ3) is 8.10. The Kier molecular flexibility index (Phi) is 11.0. The Bertz CT molecular complexity index is 1250. The van der Waals surface area contributed by atoms with Gasteiger partial charge in [0.05, 0.1) is 28.2 Å². The SMILES string of the molecule is CC(C)SC(C)(C)C(NC(=O)C1(C#N)CC1)C(=O)N1CCCC1C.Cc1ncsc1-c1ccc(C(C)NC=O)cc1. The number of thioether (sulfide) groups is 1. The van der Waals surface area contributed by atoms with Gasteiger partial charge in [-0.25, -0.2) is 4.98 Å². The van der Waals surface area contributed by atoms with Crippen LogP contribution in [-0.4, -0.2) is 56.7 Å². The van der Waals surface area contributed by atoms with Crippen molar-refractivity contribution in [2.24, 2.45) is 5.41 Å². The molecule has 0 spiro atoms. The number of thiazole rings is 1. The van der Waals surface area contributed by atoms with Crippen molar-refractivity contribution in [1.29, 1.82) is 5.26 Å². The Morgan fingerprint density at radius 1 is 1.24 bits per heavy atom. The number of benzene rings is 1. The van der Waals surface area contributed by atoms with E-state index in [0.29, 0.717) is 18.1 Å². The quantitative estimate of drug-likeness (QED) is 0.343. The van der Waals surface area contributed by atoms with Crippen LogP contribution in [0.4, 0.5) is 0 Å². The first-order valence-electron chi connectivity index (χ1n) is 14.3. The minimum atomic E-state index is -0.909. The van der Waals surface area contributed by atoms with Gasteiger partial charge in [-0.1, -0.05) is 38.1 Å². The number of aryl methyl sites for hydroxylation is 1. The molecule has 1 aliphatic heterocycles. The predicted octanol–water partition coefficient (Wildman–Crippen LogP) is 5.63. The molecule has 1 saturated heterocycles. The van der Waals surface area contributed by atoms with Crippen LogP contribution in [0.15, 0.2) is 29.8 Å². The number of amides is 3. The third-order valence-corrected chi connectivity index (χ3v) is 10.0. The number of likely N-dealkylation sites (tertiary alicyclic amines) is 1. The molecule has 4 rings (SSSR count). The normalized spacial score (nSPS) is 18.9. The monoisotopic (exact) mass is 597 g/mol. The molecule has 2 aliphatic rings. The van der Waals surface area contributed by atoms with Crippen LogP contribution in [0, 0.1) is 23.7 Å². The Morgan fingerprint density at radius 2 is 1.90 bits per heavy atom. The molecule has 8 nitrogen and oxygen atoms in total. The molecule has 3 amide bonds. The van der Waals surface area contributed by atoms with Crippen molar-refractivity contribution in [3.63, 3.8) is 0 Å². The molecule has 2 N–H and O–H groups in total. The van der Waals surface area contributed by atoms with E-state index in [9.17, 15) is 19.6 Å². The van der Waals surface area contributed by atoms with E-state index in [1.165, 1.54) is 10.4 Å². The van der Waals surface area contributed by atoms with Gasteiger partial charge in [-0.15, -0.1) is 11.3 Å². The van der Waals surface area contributed by atoms with Crippen LogP contribution in [-0.2, 0) is 14.4 Å². The number of nitriles is 1. The van der Waals surface area contributed by atoms with Crippen molar-refractivity contribution in [2.45, 2.75) is 102 Å². The summed E-state index contributed by atoms with van der Waals surface area (Å²) in [5, 5.41) is 15.3. The molecule has 222 valence electrons. The van der Waals surface area contributed by atoms with Crippen LogP contribution < -0.4 is 10.6 Å². The molecular formula is C31H43N5O3S2. The van der Waals surface area contributed by atoms with Crippen LogP contribution in [0.2, 0.25) is 0 Å². The van der Waals surface area contributed by atoms with Crippen LogP contribution in [0.3, 0.4) is 0 Å². The minimum Gasteiger partial charge on any atom is -0.352 e. The molecule has 10 heteroatoms. The summed E-state index contributed by atoms with van der Waals surface area (Å²) in [6.45, 7) is 15.0. The predicted molar refractivity (Wildman–Crippen MR) is 166 cm³/mol. The highest BCUT2D eigenvalue weighted by atomic mass is 32.2. The topological polar surface area (TPSA) is 115 Å². The van der Waals surface area contributed by atoms with Gasteiger partial charge in [0, 0.05) is 17.3 Å². The highest BCUT2D eigenvalue weighted by Gasteiger charge is 2.53. The highest BCUT2D eigenvalue weighted by Crippen LogP contribution is 2.45. The molecule has 2 heterocycles. The summed E-state index contributed by atoms with van der Waals surface area (Å²) in [5.74, 6) is -0.298. The van der Waals surface area contributed by atoms with E-state index in [0.717, 1.165) is 37.1 Å². The largest absolute Gasteiger partial charge is 0.352 e. The average molecular weight is 598 g/mol. The number of hydrogen-bond acceptors (Lipinski definition) is 7. The standard InChI is InChI=1S/C18H29N3O2S.C13H14N2OS/c1-12(2)24-17(4,5)14(15(22)21-10-6-7-13(21)3)20-16(23)18(11-19)8-9-18;1-9(14-7-16)11-3-5-12(6-4-11)13-10(2)15-8-17-13/h12-14H,6-10H2,1-5H3,(H,20,23);3-9H,1-2H3,(H,14,16). The lowest BCUT2D eigenvalue weighted by Gasteiger charge is -2.38. The number of carbonyl (C=O) groups excluding carboxylic acids is 3. The molecule has 0 radical (unpaired) electrons. The van der Waals surface area contributed by atoms with Gasteiger partial charge >= 0.3 is 0 Å². The van der Waals surface area contributed by atoms with E-state index in [-0.39, 0.29) is 23.9 Å². The van der Waals surface area contributed by atoms with Crippen molar-refractivity contribution in [1.82, 2.24) is 20.5 Å². The maximum atomic E-state index is 13.2. The summed E-state index contributed by atoms with van der Waals surface area (Å²) in [7, 11) is 0. The summed E-state index contributed by atoms with van der Waals surface area (Å²) >= 11 is 3.33. The second-order valence-corrected chi connectivity index (χ2v) is 14.9. The van der Waals surface area contributed by atoms with Gasteiger partial charge in [0.1, 0.15) is 11.5 Å². The molecule has 0 bridgehead atoms. The summed E-state index contributed by atoms with van der Waals surface area (Å²) in [6, 6.07) is 9.98. The van der Waals surface area contributed by atoms with Crippen molar-refractivity contribution < 1.29 is 14.4 Å². The molecule has 2 fully saturated rings. The zero-order valence-electron chi connectivity index (χ0n) is 25.2. The third-order valence-electron chi connectivity index (χ3n) is 7.73. The zero-order chi connectivity index (χ0) is 30.4. The molecule has 3 atom stereocenters. The fourth-order valence-electron chi connectivity index (χ4n) is 5.12. The van der Waals surface area contributed by atoms with Gasteiger partial charge < -0.3 is 15.5 Å². The Balaban J connectivity index is 0.000000239. The van der Waals surface area contributed by atoms with Crippen molar-refractivity contribution in [3.8, 4) is 16.5 Å². The first kappa shape index (κ1) is 32.6. The maximum absolute atomic E-state index is 13.2. The number of nitrogens with zero attached hydrogens (tertiary/aromatic N) is 3. The van der Waals surface area contributed by atoms with Gasteiger partial charge in [0.15, 0.2) is 0 Å². The van der Waals surface area contributed by atoms with Crippen LogP contribution >= 0.6 is 23.1 Å².